The minimum atomic E-state index is -4.58. The number of hydrogen-bond donors (Lipinski definition) is 0. The first-order valence-corrected chi connectivity index (χ1v) is 6.34. The molecule has 0 N–H and O–H groups in total. The zero-order valence-electron chi connectivity index (χ0n) is 9.84. The maximum absolute atomic E-state index is 12.8. The highest BCUT2D eigenvalue weighted by atomic mass is 79.9. The van der Waals surface area contributed by atoms with E-state index in [0.717, 1.165) is 6.07 Å². The van der Waals surface area contributed by atoms with E-state index in [1.165, 1.54) is 0 Å². The molecule has 0 aliphatic rings. The minimum absolute atomic E-state index is 0.0777. The molecule has 0 heterocycles. The maximum atomic E-state index is 12.8. The minimum Gasteiger partial charge on any atom is -0.462 e. The molecule has 0 radical (unpaired) electrons. The number of halogens is 4. The predicted octanol–water partition coefficient (Wildman–Crippen LogP) is 3.65. The van der Waals surface area contributed by atoms with Crippen LogP contribution in [0.3, 0.4) is 0 Å². The van der Waals surface area contributed by atoms with Gasteiger partial charge in [-0.05, 0) is 24.6 Å². The molecule has 0 amide bonds. The molecular formula is C12H9BrF3NO2. The Morgan fingerprint density at radius 3 is 2.53 bits per heavy atom. The molecule has 102 valence electrons. The van der Waals surface area contributed by atoms with Gasteiger partial charge in [0.15, 0.2) is 0 Å². The zero-order valence-corrected chi connectivity index (χ0v) is 11.4. The fourth-order valence-electron chi connectivity index (χ4n) is 1.49. The first-order valence-electron chi connectivity index (χ1n) is 5.22. The Morgan fingerprint density at radius 1 is 1.47 bits per heavy atom. The van der Waals surface area contributed by atoms with Crippen molar-refractivity contribution in [1.82, 2.24) is 0 Å². The van der Waals surface area contributed by atoms with Gasteiger partial charge in [-0.25, -0.2) is 4.79 Å². The SMILES string of the molecule is CCOC(=O)c1cc(CBr)c(C(F)(F)F)cc1C#N. The average molecular weight is 336 g/mol. The summed E-state index contributed by atoms with van der Waals surface area (Å²) in [6.45, 7) is 1.65. The molecule has 0 atom stereocenters. The summed E-state index contributed by atoms with van der Waals surface area (Å²) in [7, 11) is 0. The van der Waals surface area contributed by atoms with Crippen LogP contribution in [-0.2, 0) is 16.2 Å². The summed E-state index contributed by atoms with van der Waals surface area (Å²) in [6.07, 6.45) is -4.58. The lowest BCUT2D eigenvalue weighted by Gasteiger charge is -2.14. The van der Waals surface area contributed by atoms with Crippen molar-refractivity contribution in [2.45, 2.75) is 18.4 Å². The maximum Gasteiger partial charge on any atom is 0.416 e. The fourth-order valence-corrected chi connectivity index (χ4v) is 1.95. The van der Waals surface area contributed by atoms with Crippen LogP contribution in [0.1, 0.15) is 34.0 Å². The Kier molecular flexibility index (Phi) is 4.95. The Labute approximate surface area is 116 Å². The number of esters is 1. The van der Waals surface area contributed by atoms with E-state index in [1.54, 1.807) is 13.0 Å². The van der Waals surface area contributed by atoms with Gasteiger partial charge in [-0.15, -0.1) is 0 Å². The molecule has 1 aromatic rings. The Bertz CT molecular complexity index is 535. The van der Waals surface area contributed by atoms with E-state index in [4.69, 9.17) is 10.00 Å². The fraction of sp³-hybridized carbons (Fsp3) is 0.333. The normalized spacial score (nSPS) is 10.9. The van der Waals surface area contributed by atoms with Crippen molar-refractivity contribution in [3.63, 3.8) is 0 Å². The summed E-state index contributed by atoms with van der Waals surface area (Å²) in [5, 5.41) is 8.77. The van der Waals surface area contributed by atoms with Crippen LogP contribution >= 0.6 is 15.9 Å². The van der Waals surface area contributed by atoms with Gasteiger partial charge in [0.1, 0.15) is 6.07 Å². The van der Waals surface area contributed by atoms with Gasteiger partial charge in [-0.2, -0.15) is 18.4 Å². The first kappa shape index (κ1) is 15.5. The number of nitriles is 1. The average Bonchev–Trinajstić information content (AvgIpc) is 2.36. The third-order valence-corrected chi connectivity index (χ3v) is 2.91. The summed E-state index contributed by atoms with van der Waals surface area (Å²) in [5.41, 5.74) is -1.56. The number of carbonyl (C=O) groups excluding carboxylic acids is 1. The van der Waals surface area contributed by atoms with Crippen LogP contribution in [-0.4, -0.2) is 12.6 Å². The molecule has 19 heavy (non-hydrogen) atoms. The highest BCUT2D eigenvalue weighted by Crippen LogP contribution is 2.34. The van der Waals surface area contributed by atoms with Crippen LogP contribution in [0, 0.1) is 11.3 Å². The van der Waals surface area contributed by atoms with Gasteiger partial charge in [0.2, 0.25) is 0 Å². The molecule has 0 unspecified atom stereocenters. The van der Waals surface area contributed by atoms with Gasteiger partial charge in [-0.1, -0.05) is 15.9 Å². The third kappa shape index (κ3) is 3.47. The zero-order chi connectivity index (χ0) is 14.6. The van der Waals surface area contributed by atoms with E-state index in [1.807, 2.05) is 0 Å². The first-order chi connectivity index (χ1) is 8.85. The second-order valence-corrected chi connectivity index (χ2v) is 4.08. The second-order valence-electron chi connectivity index (χ2n) is 3.52. The Balaban J connectivity index is 3.45. The second kappa shape index (κ2) is 6.06. The number of alkyl halides is 4. The predicted molar refractivity (Wildman–Crippen MR) is 64.7 cm³/mol. The molecule has 0 aromatic heterocycles. The molecule has 0 aliphatic heterocycles. The largest absolute Gasteiger partial charge is 0.462 e. The number of benzene rings is 1. The smallest absolute Gasteiger partial charge is 0.416 e. The van der Waals surface area contributed by atoms with Gasteiger partial charge in [0.05, 0.1) is 23.3 Å². The number of carbonyl (C=O) groups is 1. The molecular weight excluding hydrogens is 327 g/mol. The lowest BCUT2D eigenvalue weighted by molar-refractivity contribution is -0.138. The number of rotatable bonds is 3. The van der Waals surface area contributed by atoms with E-state index in [0.29, 0.717) is 6.07 Å². The van der Waals surface area contributed by atoms with Crippen molar-refractivity contribution in [2.24, 2.45) is 0 Å². The third-order valence-electron chi connectivity index (χ3n) is 2.31. The van der Waals surface area contributed by atoms with Crippen molar-refractivity contribution in [1.29, 1.82) is 5.26 Å². The lowest BCUT2D eigenvalue weighted by Crippen LogP contribution is -2.13. The van der Waals surface area contributed by atoms with E-state index in [2.05, 4.69) is 15.9 Å². The van der Waals surface area contributed by atoms with Crippen molar-refractivity contribution < 1.29 is 22.7 Å². The molecule has 0 fully saturated rings. The molecule has 1 rings (SSSR count). The Morgan fingerprint density at radius 2 is 2.11 bits per heavy atom. The summed E-state index contributed by atoms with van der Waals surface area (Å²) < 4.78 is 43.1. The molecule has 0 aliphatic carbocycles. The highest BCUT2D eigenvalue weighted by Gasteiger charge is 2.34. The highest BCUT2D eigenvalue weighted by molar-refractivity contribution is 9.08. The quantitative estimate of drug-likeness (QED) is 0.625. The number of nitrogens with zero attached hydrogens (tertiary/aromatic N) is 1. The van der Waals surface area contributed by atoms with Crippen LogP contribution in [0.15, 0.2) is 12.1 Å². The molecule has 1 aromatic carbocycles. The molecule has 0 bridgehead atoms. The van der Waals surface area contributed by atoms with Crippen molar-refractivity contribution in [2.75, 3.05) is 6.61 Å². The number of hydrogen-bond acceptors (Lipinski definition) is 3. The van der Waals surface area contributed by atoms with Crippen LogP contribution < -0.4 is 0 Å². The molecule has 0 saturated heterocycles. The molecule has 0 saturated carbocycles. The van der Waals surface area contributed by atoms with Gasteiger partial charge >= 0.3 is 12.1 Å². The molecule has 0 spiro atoms. The van der Waals surface area contributed by atoms with Gasteiger partial charge in [0, 0.05) is 5.33 Å². The summed E-state index contributed by atoms with van der Waals surface area (Å²) in [6, 6.07) is 3.29. The van der Waals surface area contributed by atoms with Gasteiger partial charge in [0.25, 0.3) is 0 Å². The van der Waals surface area contributed by atoms with Crippen molar-refractivity contribution >= 4 is 21.9 Å². The van der Waals surface area contributed by atoms with Crippen molar-refractivity contribution in [3.8, 4) is 6.07 Å². The van der Waals surface area contributed by atoms with E-state index in [-0.39, 0.29) is 28.6 Å². The van der Waals surface area contributed by atoms with Gasteiger partial charge < -0.3 is 4.74 Å². The molecule has 3 nitrogen and oxygen atoms in total. The lowest BCUT2D eigenvalue weighted by atomic mass is 9.99. The monoisotopic (exact) mass is 335 g/mol. The summed E-state index contributed by atoms with van der Waals surface area (Å²) in [4.78, 5) is 11.6. The van der Waals surface area contributed by atoms with Crippen LogP contribution in [0.2, 0.25) is 0 Å². The van der Waals surface area contributed by atoms with E-state index >= 15 is 0 Å². The summed E-state index contributed by atoms with van der Waals surface area (Å²) in [5.74, 6) is -0.810. The number of ether oxygens (including phenoxy) is 1. The van der Waals surface area contributed by atoms with Gasteiger partial charge in [-0.3, -0.25) is 0 Å². The Hall–Kier alpha value is -1.55. The summed E-state index contributed by atoms with van der Waals surface area (Å²) >= 11 is 2.93. The van der Waals surface area contributed by atoms with E-state index < -0.39 is 17.7 Å². The van der Waals surface area contributed by atoms with E-state index in [9.17, 15) is 18.0 Å². The van der Waals surface area contributed by atoms with Crippen molar-refractivity contribution in [3.05, 3.63) is 34.4 Å². The standard InChI is InChI=1S/C12H9BrF3NO2/c1-2-19-11(18)9-3-7(5-13)10(12(14,15)16)4-8(9)6-17/h3-4H,2,5H2,1H3. The topological polar surface area (TPSA) is 50.1 Å². The van der Waals surface area contributed by atoms with Crippen LogP contribution in [0.25, 0.3) is 0 Å². The molecule has 7 heteroatoms. The van der Waals surface area contributed by atoms with Crippen LogP contribution in [0.4, 0.5) is 13.2 Å². The van der Waals surface area contributed by atoms with Crippen LogP contribution in [0.5, 0.6) is 0 Å².